The lowest BCUT2D eigenvalue weighted by atomic mass is 10.0. The lowest BCUT2D eigenvalue weighted by Crippen LogP contribution is -2.51. The number of carboxylic acid groups (broad SMARTS) is 1. The zero-order chi connectivity index (χ0) is 15.2. The van der Waals surface area contributed by atoms with Crippen molar-refractivity contribution in [2.24, 2.45) is 0 Å². The molecule has 1 fully saturated rings. The first-order chi connectivity index (χ1) is 10.1. The summed E-state index contributed by atoms with van der Waals surface area (Å²) in [7, 11) is 0. The molecule has 2 heterocycles. The molecule has 0 aliphatic carbocycles. The maximum absolute atomic E-state index is 12.1. The number of carbonyl (C=O) groups excluding carboxylic acids is 2. The van der Waals surface area contributed by atoms with E-state index in [1.807, 2.05) is 0 Å². The molecule has 1 saturated heterocycles. The monoisotopic (exact) mass is 291 g/mol. The zero-order valence-corrected chi connectivity index (χ0v) is 11.5. The lowest BCUT2D eigenvalue weighted by Gasteiger charge is -2.32. The predicted octanol–water partition coefficient (Wildman–Crippen LogP) is 0.277. The van der Waals surface area contributed by atoms with Gasteiger partial charge in [-0.3, -0.25) is 14.6 Å². The highest BCUT2D eigenvalue weighted by Crippen LogP contribution is 2.17. The maximum atomic E-state index is 12.1. The highest BCUT2D eigenvalue weighted by Gasteiger charge is 2.31. The number of carbonyl (C=O) groups is 3. The summed E-state index contributed by atoms with van der Waals surface area (Å²) < 4.78 is 0. The summed E-state index contributed by atoms with van der Waals surface area (Å²) in [5.74, 6) is -1.83. The fourth-order valence-electron chi connectivity index (χ4n) is 2.33. The number of hydrogen-bond acceptors (Lipinski definition) is 4. The van der Waals surface area contributed by atoms with Crippen LogP contribution in [-0.2, 0) is 9.59 Å². The molecule has 1 aromatic heterocycles. The zero-order valence-electron chi connectivity index (χ0n) is 11.5. The van der Waals surface area contributed by atoms with Crippen LogP contribution >= 0.6 is 0 Å². The molecule has 1 atom stereocenters. The van der Waals surface area contributed by atoms with Crippen molar-refractivity contribution in [3.8, 4) is 0 Å². The van der Waals surface area contributed by atoms with Crippen LogP contribution in [0, 0.1) is 0 Å². The molecule has 0 radical (unpaired) electrons. The van der Waals surface area contributed by atoms with Gasteiger partial charge in [-0.25, -0.2) is 4.79 Å². The van der Waals surface area contributed by atoms with Gasteiger partial charge in [-0.1, -0.05) is 6.07 Å². The van der Waals surface area contributed by atoms with Crippen molar-refractivity contribution < 1.29 is 19.5 Å². The predicted molar refractivity (Wildman–Crippen MR) is 73.6 cm³/mol. The number of aromatic nitrogens is 1. The Bertz CT molecular complexity index is 532. The molecule has 7 nitrogen and oxygen atoms in total. The Labute approximate surface area is 122 Å². The summed E-state index contributed by atoms with van der Waals surface area (Å²) in [5.41, 5.74) is 0.221. The summed E-state index contributed by atoms with van der Waals surface area (Å²) in [6, 6.07) is 4.11. The number of hydrogen-bond donors (Lipinski definition) is 2. The van der Waals surface area contributed by atoms with E-state index in [0.717, 1.165) is 12.8 Å². The molecule has 0 aromatic carbocycles. The van der Waals surface area contributed by atoms with Gasteiger partial charge in [-0.15, -0.1) is 0 Å². The van der Waals surface area contributed by atoms with E-state index in [1.165, 1.54) is 11.1 Å². The minimum Gasteiger partial charge on any atom is -0.480 e. The summed E-state index contributed by atoms with van der Waals surface area (Å²) in [5, 5.41) is 11.6. The van der Waals surface area contributed by atoms with Gasteiger partial charge < -0.3 is 15.3 Å². The second-order valence-electron chi connectivity index (χ2n) is 4.83. The number of amides is 2. The quantitative estimate of drug-likeness (QED) is 0.830. The molecule has 1 unspecified atom stereocenters. The molecule has 21 heavy (non-hydrogen) atoms. The van der Waals surface area contributed by atoms with Crippen molar-refractivity contribution in [3.05, 3.63) is 30.1 Å². The number of piperidine rings is 1. The molecule has 0 spiro atoms. The van der Waals surface area contributed by atoms with Crippen LogP contribution in [0.15, 0.2) is 24.4 Å². The van der Waals surface area contributed by atoms with E-state index in [-0.39, 0.29) is 18.1 Å². The van der Waals surface area contributed by atoms with Gasteiger partial charge in [0.2, 0.25) is 5.91 Å². The minimum absolute atomic E-state index is 0.221. The highest BCUT2D eigenvalue weighted by atomic mass is 16.4. The number of nitrogens with one attached hydrogen (secondary N) is 1. The maximum Gasteiger partial charge on any atom is 0.326 e. The topological polar surface area (TPSA) is 99.6 Å². The molecule has 2 rings (SSSR count). The van der Waals surface area contributed by atoms with E-state index >= 15 is 0 Å². The molecular weight excluding hydrogens is 274 g/mol. The summed E-state index contributed by atoms with van der Waals surface area (Å²) >= 11 is 0. The number of nitrogens with zero attached hydrogens (tertiary/aromatic N) is 2. The molecule has 0 saturated carbocycles. The third kappa shape index (κ3) is 3.77. The molecule has 2 N–H and O–H groups in total. The van der Waals surface area contributed by atoms with Crippen molar-refractivity contribution in [3.63, 3.8) is 0 Å². The first kappa shape index (κ1) is 15.0. The van der Waals surface area contributed by atoms with Crippen molar-refractivity contribution in [2.45, 2.75) is 25.3 Å². The van der Waals surface area contributed by atoms with Crippen LogP contribution in [0.3, 0.4) is 0 Å². The average Bonchev–Trinajstić information content (AvgIpc) is 2.53. The molecular formula is C14H17N3O4. The molecule has 1 aliphatic heterocycles. The Balaban J connectivity index is 1.92. The minimum atomic E-state index is -1.00. The van der Waals surface area contributed by atoms with Gasteiger partial charge in [0.15, 0.2) is 0 Å². The van der Waals surface area contributed by atoms with Crippen molar-refractivity contribution >= 4 is 17.8 Å². The van der Waals surface area contributed by atoms with Crippen LogP contribution < -0.4 is 5.32 Å². The number of likely N-dealkylation sites (tertiary alicyclic amines) is 1. The van der Waals surface area contributed by atoms with Gasteiger partial charge in [-0.2, -0.15) is 0 Å². The van der Waals surface area contributed by atoms with Crippen LogP contribution in [0.25, 0.3) is 0 Å². The fraction of sp³-hybridized carbons (Fsp3) is 0.429. The molecule has 0 bridgehead atoms. The first-order valence-electron chi connectivity index (χ1n) is 6.81. The number of rotatable bonds is 4. The summed E-state index contributed by atoms with van der Waals surface area (Å²) in [6.45, 7) is 0.189. The lowest BCUT2D eigenvalue weighted by molar-refractivity contribution is -0.151. The van der Waals surface area contributed by atoms with E-state index in [4.69, 9.17) is 5.11 Å². The van der Waals surface area contributed by atoms with Crippen molar-refractivity contribution in [1.82, 2.24) is 15.2 Å². The van der Waals surface area contributed by atoms with Gasteiger partial charge >= 0.3 is 5.97 Å². The van der Waals surface area contributed by atoms with Crippen molar-refractivity contribution in [2.75, 3.05) is 13.1 Å². The molecule has 2 amide bonds. The van der Waals surface area contributed by atoms with Crippen molar-refractivity contribution in [1.29, 1.82) is 0 Å². The summed E-state index contributed by atoms with van der Waals surface area (Å²) in [4.78, 5) is 40.2. The largest absolute Gasteiger partial charge is 0.480 e. The van der Waals surface area contributed by atoms with Gasteiger partial charge in [0.25, 0.3) is 5.91 Å². The standard InChI is InChI=1S/C14H17N3O4/c18-12(17-8-4-2-6-11(17)14(20)21)9-16-13(19)10-5-1-3-7-15-10/h1,3,5,7,11H,2,4,6,8-9H2,(H,16,19)(H,20,21). The number of pyridine rings is 1. The Morgan fingerprint density at radius 2 is 2.14 bits per heavy atom. The van der Waals surface area contributed by atoms with Crippen LogP contribution in [-0.4, -0.2) is 51.9 Å². The van der Waals surface area contributed by atoms with Crippen LogP contribution in [0.2, 0.25) is 0 Å². The van der Waals surface area contributed by atoms with E-state index in [9.17, 15) is 14.4 Å². The normalized spacial score (nSPS) is 18.1. The fourth-order valence-corrected chi connectivity index (χ4v) is 2.33. The van der Waals surface area contributed by atoms with Crippen LogP contribution in [0.4, 0.5) is 0 Å². The third-order valence-corrected chi connectivity index (χ3v) is 3.41. The molecule has 112 valence electrons. The Hall–Kier alpha value is -2.44. The Kier molecular flexibility index (Phi) is 4.86. The molecule has 1 aromatic rings. The molecule has 7 heteroatoms. The van der Waals surface area contributed by atoms with Gasteiger partial charge in [-0.05, 0) is 31.4 Å². The van der Waals surface area contributed by atoms with E-state index in [2.05, 4.69) is 10.3 Å². The van der Waals surface area contributed by atoms with E-state index in [1.54, 1.807) is 18.2 Å². The Morgan fingerprint density at radius 1 is 1.33 bits per heavy atom. The van der Waals surface area contributed by atoms with Gasteiger partial charge in [0, 0.05) is 12.7 Å². The molecule has 1 aliphatic rings. The summed E-state index contributed by atoms with van der Waals surface area (Å²) in [6.07, 6.45) is 3.52. The third-order valence-electron chi connectivity index (χ3n) is 3.41. The van der Waals surface area contributed by atoms with Crippen LogP contribution in [0.1, 0.15) is 29.8 Å². The van der Waals surface area contributed by atoms with Gasteiger partial charge in [0.1, 0.15) is 11.7 Å². The number of carboxylic acids is 1. The number of aliphatic carboxylic acids is 1. The SMILES string of the molecule is O=C(NCC(=O)N1CCCCC1C(=O)O)c1ccccn1. The average molecular weight is 291 g/mol. The second kappa shape index (κ2) is 6.83. The highest BCUT2D eigenvalue weighted by molar-refractivity contribution is 5.95. The smallest absolute Gasteiger partial charge is 0.326 e. The first-order valence-corrected chi connectivity index (χ1v) is 6.81. The Morgan fingerprint density at radius 3 is 2.81 bits per heavy atom. The second-order valence-corrected chi connectivity index (χ2v) is 4.83. The van der Waals surface area contributed by atoms with E-state index < -0.39 is 17.9 Å². The van der Waals surface area contributed by atoms with Crippen LogP contribution in [0.5, 0.6) is 0 Å². The van der Waals surface area contributed by atoms with Gasteiger partial charge in [0.05, 0.1) is 6.54 Å². The van der Waals surface area contributed by atoms with E-state index in [0.29, 0.717) is 13.0 Å².